The summed E-state index contributed by atoms with van der Waals surface area (Å²) < 4.78 is 0. The molecule has 0 bridgehead atoms. The van der Waals surface area contributed by atoms with Crippen molar-refractivity contribution < 1.29 is 0 Å². The molecule has 0 aliphatic rings. The molecule has 0 amide bonds. The summed E-state index contributed by atoms with van der Waals surface area (Å²) in [6.07, 6.45) is 3.32. The van der Waals surface area contributed by atoms with Crippen molar-refractivity contribution in [2.45, 2.75) is 13.5 Å². The van der Waals surface area contributed by atoms with Gasteiger partial charge in [0.2, 0.25) is 0 Å². The zero-order valence-corrected chi connectivity index (χ0v) is 8.27. The normalized spacial score (nSPS) is 9.00. The molecule has 3 N–H and O–H groups in total. The molecule has 2 rings (SSSR count). The maximum atomic E-state index is 5.22. The third kappa shape index (κ3) is 3.87. The van der Waals surface area contributed by atoms with E-state index >= 15 is 0 Å². The summed E-state index contributed by atoms with van der Waals surface area (Å²) in [7, 11) is 0. The van der Waals surface area contributed by atoms with E-state index in [4.69, 9.17) is 5.73 Å². The standard InChI is InChI=1S/C7H8.C4H7N3/c1-7-5-3-2-4-6-7;5-1-4-2-6-3-7-4/h2-6H,1H3;2-3H,1,5H2,(H,6,7). The Hall–Kier alpha value is -1.61. The summed E-state index contributed by atoms with van der Waals surface area (Å²) in [5, 5.41) is 0. The molecule has 0 saturated heterocycles. The van der Waals surface area contributed by atoms with Crippen LogP contribution in [0.2, 0.25) is 0 Å². The quantitative estimate of drug-likeness (QED) is 0.719. The highest BCUT2D eigenvalue weighted by Gasteiger charge is 1.82. The molecule has 0 spiro atoms. The van der Waals surface area contributed by atoms with Crippen LogP contribution in [0.25, 0.3) is 0 Å². The van der Waals surface area contributed by atoms with Gasteiger partial charge in [0.15, 0.2) is 0 Å². The first kappa shape index (κ1) is 10.5. The van der Waals surface area contributed by atoms with Crippen molar-refractivity contribution in [3.05, 3.63) is 54.1 Å². The molecule has 0 atom stereocenters. The number of nitrogens with one attached hydrogen (secondary N) is 1. The molecule has 1 heterocycles. The van der Waals surface area contributed by atoms with E-state index in [9.17, 15) is 0 Å². The number of aromatic amines is 1. The fourth-order valence-corrected chi connectivity index (χ4v) is 0.931. The fraction of sp³-hybridized carbons (Fsp3) is 0.182. The summed E-state index contributed by atoms with van der Waals surface area (Å²) in [4.78, 5) is 6.61. The molecule has 74 valence electrons. The molecule has 1 aromatic heterocycles. The van der Waals surface area contributed by atoms with Crippen molar-refractivity contribution in [2.24, 2.45) is 5.73 Å². The van der Waals surface area contributed by atoms with E-state index < -0.39 is 0 Å². The Kier molecular flexibility index (Phi) is 4.44. The van der Waals surface area contributed by atoms with Crippen molar-refractivity contribution in [1.29, 1.82) is 0 Å². The number of nitrogens with zero attached hydrogens (tertiary/aromatic N) is 1. The van der Waals surface area contributed by atoms with Crippen LogP contribution in [0.5, 0.6) is 0 Å². The molecule has 0 fully saturated rings. The van der Waals surface area contributed by atoms with Crippen molar-refractivity contribution in [1.82, 2.24) is 9.97 Å². The average molecular weight is 189 g/mol. The molecule has 3 heteroatoms. The molecule has 2 aromatic rings. The van der Waals surface area contributed by atoms with Crippen LogP contribution >= 0.6 is 0 Å². The van der Waals surface area contributed by atoms with Gasteiger partial charge in [-0.15, -0.1) is 0 Å². The smallest absolute Gasteiger partial charge is 0.0922 e. The van der Waals surface area contributed by atoms with Crippen LogP contribution in [0.3, 0.4) is 0 Å². The summed E-state index contributed by atoms with van der Waals surface area (Å²) in [6.45, 7) is 2.62. The minimum absolute atomic E-state index is 0.542. The molecule has 0 aliphatic heterocycles. The van der Waals surface area contributed by atoms with Crippen LogP contribution in [-0.2, 0) is 6.54 Å². The number of aromatic nitrogens is 2. The molecule has 0 saturated carbocycles. The van der Waals surface area contributed by atoms with Crippen molar-refractivity contribution >= 4 is 0 Å². The Labute approximate surface area is 84.0 Å². The Balaban J connectivity index is 0.000000140. The Morgan fingerprint density at radius 2 is 2.00 bits per heavy atom. The van der Waals surface area contributed by atoms with E-state index in [0.29, 0.717) is 6.54 Å². The number of hydrogen-bond acceptors (Lipinski definition) is 2. The number of benzene rings is 1. The van der Waals surface area contributed by atoms with E-state index in [1.54, 1.807) is 12.5 Å². The van der Waals surface area contributed by atoms with Gasteiger partial charge in [-0.2, -0.15) is 0 Å². The SMILES string of the molecule is Cc1ccccc1.NCc1cnc[nH]1. The predicted molar refractivity (Wildman–Crippen MR) is 57.7 cm³/mol. The van der Waals surface area contributed by atoms with Gasteiger partial charge in [0.1, 0.15) is 0 Å². The number of aryl methyl sites for hydroxylation is 1. The van der Waals surface area contributed by atoms with E-state index in [1.165, 1.54) is 5.56 Å². The predicted octanol–water partition coefficient (Wildman–Crippen LogP) is 1.86. The Morgan fingerprint density at radius 3 is 2.29 bits per heavy atom. The van der Waals surface area contributed by atoms with Gasteiger partial charge in [-0.1, -0.05) is 35.9 Å². The number of H-pyrrole nitrogens is 1. The molecule has 0 radical (unpaired) electrons. The maximum absolute atomic E-state index is 5.22. The minimum atomic E-state index is 0.542. The lowest BCUT2D eigenvalue weighted by Gasteiger charge is -1.82. The number of nitrogens with two attached hydrogens (primary N) is 1. The van der Waals surface area contributed by atoms with Crippen LogP contribution in [0, 0.1) is 6.92 Å². The highest BCUT2D eigenvalue weighted by Crippen LogP contribution is 1.92. The number of rotatable bonds is 1. The fourth-order valence-electron chi connectivity index (χ4n) is 0.931. The van der Waals surface area contributed by atoms with Crippen molar-refractivity contribution in [3.63, 3.8) is 0 Å². The topological polar surface area (TPSA) is 54.7 Å². The van der Waals surface area contributed by atoms with Crippen molar-refractivity contribution in [2.75, 3.05) is 0 Å². The van der Waals surface area contributed by atoms with Gasteiger partial charge in [-0.05, 0) is 6.92 Å². The van der Waals surface area contributed by atoms with Crippen LogP contribution in [0.15, 0.2) is 42.9 Å². The van der Waals surface area contributed by atoms with Gasteiger partial charge in [-0.3, -0.25) is 0 Å². The first-order valence-corrected chi connectivity index (χ1v) is 4.52. The lowest BCUT2D eigenvalue weighted by molar-refractivity contribution is 1.01. The van der Waals surface area contributed by atoms with E-state index in [0.717, 1.165) is 5.69 Å². The van der Waals surface area contributed by atoms with Crippen LogP contribution in [0.1, 0.15) is 11.3 Å². The monoisotopic (exact) mass is 189 g/mol. The zero-order valence-electron chi connectivity index (χ0n) is 8.27. The van der Waals surface area contributed by atoms with E-state index in [1.807, 2.05) is 18.2 Å². The van der Waals surface area contributed by atoms with Crippen molar-refractivity contribution in [3.8, 4) is 0 Å². The lowest BCUT2D eigenvalue weighted by Crippen LogP contribution is -1.94. The van der Waals surface area contributed by atoms with Gasteiger partial charge < -0.3 is 10.7 Å². The van der Waals surface area contributed by atoms with Gasteiger partial charge in [-0.25, -0.2) is 4.98 Å². The van der Waals surface area contributed by atoms with Crippen LogP contribution in [0.4, 0.5) is 0 Å². The van der Waals surface area contributed by atoms with E-state index in [2.05, 4.69) is 29.0 Å². The third-order valence-corrected chi connectivity index (χ3v) is 1.72. The first-order chi connectivity index (χ1) is 6.83. The third-order valence-electron chi connectivity index (χ3n) is 1.72. The van der Waals surface area contributed by atoms with Crippen LogP contribution in [-0.4, -0.2) is 9.97 Å². The second-order valence-corrected chi connectivity index (χ2v) is 2.94. The van der Waals surface area contributed by atoms with Gasteiger partial charge in [0, 0.05) is 18.4 Å². The average Bonchev–Trinajstić information content (AvgIpc) is 2.72. The first-order valence-electron chi connectivity index (χ1n) is 4.52. The Bertz CT molecular complexity index is 327. The molecular weight excluding hydrogens is 174 g/mol. The maximum Gasteiger partial charge on any atom is 0.0922 e. The zero-order chi connectivity index (χ0) is 10.2. The molecule has 0 unspecified atom stereocenters. The second-order valence-electron chi connectivity index (χ2n) is 2.94. The molecule has 3 nitrogen and oxygen atoms in total. The minimum Gasteiger partial charge on any atom is -0.347 e. The Morgan fingerprint density at radius 1 is 1.29 bits per heavy atom. The largest absolute Gasteiger partial charge is 0.347 e. The molecule has 14 heavy (non-hydrogen) atoms. The summed E-state index contributed by atoms with van der Waals surface area (Å²) in [5.41, 5.74) is 7.52. The van der Waals surface area contributed by atoms with Gasteiger partial charge in [0.25, 0.3) is 0 Å². The molecular formula is C11H15N3. The van der Waals surface area contributed by atoms with E-state index in [-0.39, 0.29) is 0 Å². The van der Waals surface area contributed by atoms with Gasteiger partial charge >= 0.3 is 0 Å². The number of imidazole rings is 1. The number of hydrogen-bond donors (Lipinski definition) is 2. The molecule has 0 aliphatic carbocycles. The summed E-state index contributed by atoms with van der Waals surface area (Å²) in [5.74, 6) is 0. The lowest BCUT2D eigenvalue weighted by atomic mass is 10.2. The summed E-state index contributed by atoms with van der Waals surface area (Å²) in [6, 6.07) is 10.3. The summed E-state index contributed by atoms with van der Waals surface area (Å²) >= 11 is 0. The highest BCUT2D eigenvalue weighted by molar-refractivity contribution is 5.11. The van der Waals surface area contributed by atoms with Gasteiger partial charge in [0.05, 0.1) is 6.33 Å². The second kappa shape index (κ2) is 5.94. The molecule has 1 aromatic carbocycles. The highest BCUT2D eigenvalue weighted by atomic mass is 14.9. The van der Waals surface area contributed by atoms with Crippen LogP contribution < -0.4 is 5.73 Å².